The molecule has 2 aromatic rings. The molecule has 0 bridgehead atoms. The SMILES string of the molecule is CCn1cc([C@H]2CN(c3ccc(F)cn3)CCO2)cn1. The van der Waals surface area contributed by atoms with E-state index in [9.17, 15) is 4.39 Å². The first kappa shape index (κ1) is 13.1. The summed E-state index contributed by atoms with van der Waals surface area (Å²) in [5, 5.41) is 4.27. The van der Waals surface area contributed by atoms with E-state index in [0.29, 0.717) is 13.2 Å². The van der Waals surface area contributed by atoms with Crippen LogP contribution in [0.1, 0.15) is 18.6 Å². The Morgan fingerprint density at radius 3 is 3.00 bits per heavy atom. The molecule has 0 aromatic carbocycles. The van der Waals surface area contributed by atoms with Gasteiger partial charge in [-0.25, -0.2) is 9.37 Å². The molecule has 0 unspecified atom stereocenters. The summed E-state index contributed by atoms with van der Waals surface area (Å²) in [6.07, 6.45) is 5.08. The molecule has 1 fully saturated rings. The van der Waals surface area contributed by atoms with Gasteiger partial charge in [0.15, 0.2) is 0 Å². The van der Waals surface area contributed by atoms with Gasteiger partial charge < -0.3 is 9.64 Å². The Bertz CT molecular complexity index is 569. The van der Waals surface area contributed by atoms with Crippen molar-refractivity contribution in [1.29, 1.82) is 0 Å². The largest absolute Gasteiger partial charge is 0.370 e. The van der Waals surface area contributed by atoms with Crippen molar-refractivity contribution in [2.75, 3.05) is 24.6 Å². The Kier molecular flexibility index (Phi) is 3.64. The predicted octanol–water partition coefficient (Wildman–Crippen LogP) is 2.02. The van der Waals surface area contributed by atoms with Gasteiger partial charge in [0.2, 0.25) is 0 Å². The zero-order chi connectivity index (χ0) is 13.9. The zero-order valence-corrected chi connectivity index (χ0v) is 11.4. The summed E-state index contributed by atoms with van der Waals surface area (Å²) < 4.78 is 20.6. The van der Waals surface area contributed by atoms with Crippen molar-refractivity contribution >= 4 is 5.82 Å². The fraction of sp³-hybridized carbons (Fsp3) is 0.429. The molecule has 0 radical (unpaired) electrons. The van der Waals surface area contributed by atoms with Crippen molar-refractivity contribution in [3.8, 4) is 0 Å². The molecule has 1 aliphatic rings. The van der Waals surface area contributed by atoms with E-state index in [2.05, 4.69) is 15.0 Å². The van der Waals surface area contributed by atoms with E-state index in [4.69, 9.17) is 4.74 Å². The van der Waals surface area contributed by atoms with Gasteiger partial charge >= 0.3 is 0 Å². The minimum Gasteiger partial charge on any atom is -0.370 e. The summed E-state index contributed by atoms with van der Waals surface area (Å²) in [7, 11) is 0. The highest BCUT2D eigenvalue weighted by atomic mass is 19.1. The topological polar surface area (TPSA) is 43.2 Å². The number of ether oxygens (including phenoxy) is 1. The molecule has 0 N–H and O–H groups in total. The minimum absolute atomic E-state index is 0.0177. The number of pyridine rings is 1. The van der Waals surface area contributed by atoms with E-state index in [0.717, 1.165) is 24.5 Å². The molecule has 106 valence electrons. The lowest BCUT2D eigenvalue weighted by Gasteiger charge is -2.33. The van der Waals surface area contributed by atoms with Gasteiger partial charge in [0, 0.05) is 31.4 Å². The average Bonchev–Trinajstić information content (AvgIpc) is 2.97. The Labute approximate surface area is 117 Å². The number of morpholine rings is 1. The minimum atomic E-state index is -0.317. The van der Waals surface area contributed by atoms with Crippen LogP contribution >= 0.6 is 0 Å². The lowest BCUT2D eigenvalue weighted by atomic mass is 10.1. The maximum atomic E-state index is 12.9. The number of hydrogen-bond acceptors (Lipinski definition) is 4. The Morgan fingerprint density at radius 1 is 1.40 bits per heavy atom. The van der Waals surface area contributed by atoms with Gasteiger partial charge in [-0.3, -0.25) is 4.68 Å². The van der Waals surface area contributed by atoms with E-state index < -0.39 is 0 Å². The maximum absolute atomic E-state index is 12.9. The normalized spacial score (nSPS) is 19.3. The fourth-order valence-corrected chi connectivity index (χ4v) is 2.33. The molecule has 1 aliphatic heterocycles. The molecule has 1 atom stereocenters. The number of hydrogen-bond donors (Lipinski definition) is 0. The molecule has 2 aromatic heterocycles. The van der Waals surface area contributed by atoms with E-state index in [-0.39, 0.29) is 11.9 Å². The van der Waals surface area contributed by atoms with Crippen molar-refractivity contribution in [2.45, 2.75) is 19.6 Å². The highest BCUT2D eigenvalue weighted by molar-refractivity contribution is 5.39. The van der Waals surface area contributed by atoms with Crippen LogP contribution in [0.3, 0.4) is 0 Å². The summed E-state index contributed by atoms with van der Waals surface area (Å²) in [6.45, 7) is 4.98. The van der Waals surface area contributed by atoms with E-state index in [1.54, 1.807) is 6.07 Å². The Hall–Kier alpha value is -1.95. The number of anilines is 1. The van der Waals surface area contributed by atoms with Crippen molar-refractivity contribution < 1.29 is 9.13 Å². The molecule has 0 aliphatic carbocycles. The van der Waals surface area contributed by atoms with Crippen molar-refractivity contribution in [1.82, 2.24) is 14.8 Å². The second kappa shape index (κ2) is 5.58. The lowest BCUT2D eigenvalue weighted by Crippen LogP contribution is -2.38. The molecular weight excluding hydrogens is 259 g/mol. The fourth-order valence-electron chi connectivity index (χ4n) is 2.33. The summed E-state index contributed by atoms with van der Waals surface area (Å²) in [4.78, 5) is 6.23. The molecule has 5 nitrogen and oxygen atoms in total. The van der Waals surface area contributed by atoms with Gasteiger partial charge in [0.25, 0.3) is 0 Å². The quantitative estimate of drug-likeness (QED) is 0.860. The van der Waals surface area contributed by atoms with Gasteiger partial charge in [-0.05, 0) is 19.1 Å². The van der Waals surface area contributed by atoms with Crippen molar-refractivity contribution in [3.05, 3.63) is 42.1 Å². The Balaban J connectivity index is 1.74. The number of nitrogens with zero attached hydrogens (tertiary/aromatic N) is 4. The van der Waals surface area contributed by atoms with Crippen LogP contribution < -0.4 is 4.90 Å². The van der Waals surface area contributed by atoms with Crippen LogP contribution in [0.15, 0.2) is 30.7 Å². The van der Waals surface area contributed by atoms with E-state index >= 15 is 0 Å². The van der Waals surface area contributed by atoms with Gasteiger partial charge in [0.05, 0.1) is 19.0 Å². The zero-order valence-electron chi connectivity index (χ0n) is 11.4. The highest BCUT2D eigenvalue weighted by Gasteiger charge is 2.24. The maximum Gasteiger partial charge on any atom is 0.141 e. The summed E-state index contributed by atoms with van der Waals surface area (Å²) in [5.41, 5.74) is 1.07. The highest BCUT2D eigenvalue weighted by Crippen LogP contribution is 2.24. The monoisotopic (exact) mass is 276 g/mol. The first-order chi connectivity index (χ1) is 9.76. The summed E-state index contributed by atoms with van der Waals surface area (Å²) in [6, 6.07) is 3.13. The van der Waals surface area contributed by atoms with Crippen LogP contribution in [0.25, 0.3) is 0 Å². The van der Waals surface area contributed by atoms with Crippen molar-refractivity contribution in [2.24, 2.45) is 0 Å². The second-order valence-electron chi connectivity index (χ2n) is 4.77. The summed E-state index contributed by atoms with van der Waals surface area (Å²) >= 11 is 0. The van der Waals surface area contributed by atoms with Crippen LogP contribution in [0, 0.1) is 5.82 Å². The third-order valence-corrected chi connectivity index (χ3v) is 3.45. The lowest BCUT2D eigenvalue weighted by molar-refractivity contribution is 0.0394. The van der Waals surface area contributed by atoms with Gasteiger partial charge in [-0.2, -0.15) is 5.10 Å². The van der Waals surface area contributed by atoms with Gasteiger partial charge in [-0.1, -0.05) is 0 Å². The Morgan fingerprint density at radius 2 is 2.30 bits per heavy atom. The van der Waals surface area contributed by atoms with E-state index in [1.165, 1.54) is 12.3 Å². The first-order valence-corrected chi connectivity index (χ1v) is 6.76. The van der Waals surface area contributed by atoms with Crippen molar-refractivity contribution in [3.63, 3.8) is 0 Å². The smallest absolute Gasteiger partial charge is 0.141 e. The molecule has 1 saturated heterocycles. The average molecular weight is 276 g/mol. The summed E-state index contributed by atoms with van der Waals surface area (Å²) in [5.74, 6) is 0.463. The molecule has 3 rings (SSSR count). The van der Waals surface area contributed by atoms with E-state index in [1.807, 2.05) is 24.0 Å². The van der Waals surface area contributed by atoms with Crippen LogP contribution in [-0.4, -0.2) is 34.5 Å². The number of aryl methyl sites for hydroxylation is 1. The molecule has 0 amide bonds. The van der Waals surface area contributed by atoms with Crippen LogP contribution in [0.5, 0.6) is 0 Å². The molecule has 20 heavy (non-hydrogen) atoms. The predicted molar refractivity (Wildman–Crippen MR) is 73.0 cm³/mol. The van der Waals surface area contributed by atoms with Crippen LogP contribution in [0.2, 0.25) is 0 Å². The third-order valence-electron chi connectivity index (χ3n) is 3.45. The molecule has 3 heterocycles. The molecular formula is C14H17FN4O. The van der Waals surface area contributed by atoms with Crippen LogP contribution in [-0.2, 0) is 11.3 Å². The van der Waals surface area contributed by atoms with Gasteiger partial charge in [-0.15, -0.1) is 0 Å². The van der Waals surface area contributed by atoms with Crippen LogP contribution in [0.4, 0.5) is 10.2 Å². The number of halogens is 1. The second-order valence-corrected chi connectivity index (χ2v) is 4.77. The number of rotatable bonds is 3. The molecule has 0 saturated carbocycles. The van der Waals surface area contributed by atoms with Gasteiger partial charge in [0.1, 0.15) is 17.7 Å². The third kappa shape index (κ3) is 2.65. The molecule has 6 heteroatoms. The number of aromatic nitrogens is 3. The standard InChI is InChI=1S/C14H17FN4O/c1-2-19-9-11(7-17-19)13-10-18(5-6-20-13)14-4-3-12(15)8-16-14/h3-4,7-9,13H,2,5-6,10H2,1H3/t13-/m1/s1. The molecule has 0 spiro atoms. The first-order valence-electron chi connectivity index (χ1n) is 6.76.